The summed E-state index contributed by atoms with van der Waals surface area (Å²) in [5, 5.41) is 0. The number of ether oxygens (including phenoxy) is 1. The van der Waals surface area contributed by atoms with E-state index in [1.807, 2.05) is 0 Å². The van der Waals surface area contributed by atoms with E-state index in [2.05, 4.69) is 13.8 Å². The van der Waals surface area contributed by atoms with Crippen LogP contribution in [0.4, 0.5) is 0 Å². The van der Waals surface area contributed by atoms with Gasteiger partial charge < -0.3 is 4.74 Å². The zero-order valence-electron chi connectivity index (χ0n) is 15.1. The minimum absolute atomic E-state index is 0. The van der Waals surface area contributed by atoms with Crippen LogP contribution >= 0.6 is 0 Å². The van der Waals surface area contributed by atoms with Crippen molar-refractivity contribution < 1.29 is 4.74 Å². The number of hydrogen-bond acceptors (Lipinski definition) is 1. The first-order valence-corrected chi connectivity index (χ1v) is 9.99. The van der Waals surface area contributed by atoms with Crippen molar-refractivity contribution in [1.82, 2.24) is 0 Å². The van der Waals surface area contributed by atoms with E-state index in [4.69, 9.17) is 4.74 Å². The second kappa shape index (κ2) is 28.8. The molecular weight excluding hydrogens is 302 g/mol. The van der Waals surface area contributed by atoms with Gasteiger partial charge in [0.05, 0.1) is 0 Å². The molecule has 0 aromatic rings. The summed E-state index contributed by atoms with van der Waals surface area (Å²) < 4.78 is 5.72. The minimum atomic E-state index is 0. The maximum atomic E-state index is 5.72. The van der Waals surface area contributed by atoms with Gasteiger partial charge in [0.25, 0.3) is 0 Å². The van der Waals surface area contributed by atoms with Gasteiger partial charge >= 0.3 is 59.1 Å². The van der Waals surface area contributed by atoms with Crippen LogP contribution < -0.4 is 0 Å². The molecule has 0 atom stereocenters. The molecule has 0 aromatic carbocycles. The van der Waals surface area contributed by atoms with E-state index in [1.54, 1.807) is 0 Å². The van der Waals surface area contributed by atoms with Crippen LogP contribution in [0.1, 0.15) is 117 Å². The molecule has 3 heteroatoms. The molecule has 0 saturated carbocycles. The Morgan fingerprint density at radius 2 is 0.652 bits per heavy atom. The SMILES string of the molecule is CCCCCCCCCCOCCCCCCCCCC.[NaH].[NaH]. The molecule has 0 N–H and O–H groups in total. The summed E-state index contributed by atoms with van der Waals surface area (Å²) in [6.07, 6.45) is 22.2. The zero-order chi connectivity index (χ0) is 15.4. The fraction of sp³-hybridized carbons (Fsp3) is 1.00. The van der Waals surface area contributed by atoms with Gasteiger partial charge in [-0.25, -0.2) is 0 Å². The Morgan fingerprint density at radius 3 is 0.957 bits per heavy atom. The fourth-order valence-electron chi connectivity index (χ4n) is 2.78. The first kappa shape index (κ1) is 29.7. The van der Waals surface area contributed by atoms with Gasteiger partial charge in [-0.05, 0) is 12.8 Å². The maximum absolute atomic E-state index is 5.72. The number of hydrogen-bond donors (Lipinski definition) is 0. The molecular formula is C20H44Na2O. The summed E-state index contributed by atoms with van der Waals surface area (Å²) in [5.74, 6) is 0. The number of rotatable bonds is 18. The van der Waals surface area contributed by atoms with Crippen LogP contribution in [0.5, 0.6) is 0 Å². The third kappa shape index (κ3) is 29.0. The van der Waals surface area contributed by atoms with Gasteiger partial charge in [-0.1, -0.05) is 104 Å². The third-order valence-electron chi connectivity index (χ3n) is 4.28. The van der Waals surface area contributed by atoms with E-state index in [-0.39, 0.29) is 59.1 Å². The van der Waals surface area contributed by atoms with E-state index < -0.39 is 0 Å². The van der Waals surface area contributed by atoms with Crippen LogP contribution in [-0.4, -0.2) is 72.3 Å². The Bertz CT molecular complexity index is 159. The Balaban J connectivity index is -0.00000200. The molecule has 0 radical (unpaired) electrons. The van der Waals surface area contributed by atoms with Crippen molar-refractivity contribution in [2.45, 2.75) is 117 Å². The Morgan fingerprint density at radius 1 is 0.391 bits per heavy atom. The molecule has 0 aliphatic rings. The molecule has 0 rings (SSSR count). The van der Waals surface area contributed by atoms with Crippen LogP contribution in [0.15, 0.2) is 0 Å². The monoisotopic (exact) mass is 346 g/mol. The van der Waals surface area contributed by atoms with E-state index in [9.17, 15) is 0 Å². The van der Waals surface area contributed by atoms with Gasteiger partial charge in [0.2, 0.25) is 0 Å². The second-order valence-corrected chi connectivity index (χ2v) is 6.56. The van der Waals surface area contributed by atoms with Crippen molar-refractivity contribution in [3.63, 3.8) is 0 Å². The predicted octanol–water partition coefficient (Wildman–Crippen LogP) is 5.99. The average molecular weight is 347 g/mol. The summed E-state index contributed by atoms with van der Waals surface area (Å²) in [6.45, 7) is 6.55. The second-order valence-electron chi connectivity index (χ2n) is 6.56. The third-order valence-corrected chi connectivity index (χ3v) is 4.28. The topological polar surface area (TPSA) is 9.23 Å². The number of unbranched alkanes of at least 4 members (excludes halogenated alkanes) is 14. The molecule has 0 aliphatic heterocycles. The molecule has 0 heterocycles. The van der Waals surface area contributed by atoms with Crippen molar-refractivity contribution in [2.75, 3.05) is 13.2 Å². The Hall–Kier alpha value is 1.96. The first-order valence-electron chi connectivity index (χ1n) is 9.99. The van der Waals surface area contributed by atoms with Gasteiger partial charge in [0, 0.05) is 13.2 Å². The van der Waals surface area contributed by atoms with Crippen LogP contribution in [-0.2, 0) is 4.74 Å². The Kier molecular flexibility index (Phi) is 37.1. The summed E-state index contributed by atoms with van der Waals surface area (Å²) in [5.41, 5.74) is 0. The molecule has 0 aliphatic carbocycles. The predicted molar refractivity (Wildman–Crippen MR) is 110 cm³/mol. The van der Waals surface area contributed by atoms with Gasteiger partial charge in [0.15, 0.2) is 0 Å². The molecule has 0 saturated heterocycles. The van der Waals surface area contributed by atoms with E-state index >= 15 is 0 Å². The summed E-state index contributed by atoms with van der Waals surface area (Å²) >= 11 is 0. The van der Waals surface area contributed by atoms with Crippen LogP contribution in [0, 0.1) is 0 Å². The van der Waals surface area contributed by atoms with Gasteiger partial charge in [-0.2, -0.15) is 0 Å². The van der Waals surface area contributed by atoms with E-state index in [0.29, 0.717) is 0 Å². The summed E-state index contributed by atoms with van der Waals surface area (Å²) in [7, 11) is 0. The van der Waals surface area contributed by atoms with Crippen LogP contribution in [0.25, 0.3) is 0 Å². The molecule has 0 amide bonds. The average Bonchev–Trinajstić information content (AvgIpc) is 2.50. The molecule has 0 unspecified atom stereocenters. The molecule has 0 spiro atoms. The summed E-state index contributed by atoms with van der Waals surface area (Å²) in [6, 6.07) is 0. The van der Waals surface area contributed by atoms with Crippen LogP contribution in [0.3, 0.4) is 0 Å². The molecule has 132 valence electrons. The molecule has 0 fully saturated rings. The van der Waals surface area contributed by atoms with E-state index in [0.717, 1.165) is 13.2 Å². The van der Waals surface area contributed by atoms with Crippen molar-refractivity contribution in [3.05, 3.63) is 0 Å². The van der Waals surface area contributed by atoms with Gasteiger partial charge in [-0.3, -0.25) is 0 Å². The zero-order valence-corrected chi connectivity index (χ0v) is 15.1. The van der Waals surface area contributed by atoms with Crippen molar-refractivity contribution >= 4 is 59.1 Å². The quantitative estimate of drug-likeness (QED) is 0.219. The fourth-order valence-corrected chi connectivity index (χ4v) is 2.78. The molecule has 23 heavy (non-hydrogen) atoms. The van der Waals surface area contributed by atoms with E-state index in [1.165, 1.54) is 103 Å². The first-order chi connectivity index (χ1) is 10.4. The van der Waals surface area contributed by atoms with Crippen LogP contribution in [0.2, 0.25) is 0 Å². The summed E-state index contributed by atoms with van der Waals surface area (Å²) in [4.78, 5) is 0. The molecule has 0 bridgehead atoms. The van der Waals surface area contributed by atoms with Gasteiger partial charge in [-0.15, -0.1) is 0 Å². The van der Waals surface area contributed by atoms with Crippen molar-refractivity contribution in [1.29, 1.82) is 0 Å². The normalized spacial score (nSPS) is 10.2. The van der Waals surface area contributed by atoms with Gasteiger partial charge in [0.1, 0.15) is 0 Å². The standard InChI is InChI=1S/C20H42O.2Na.2H/c1-3-5-7-9-11-13-15-17-19-21-20-18-16-14-12-10-8-6-4-2;;;;/h3-20H2,1-2H3;;;;. The Labute approximate surface area is 192 Å². The molecule has 1 nitrogen and oxygen atoms in total. The van der Waals surface area contributed by atoms with Crippen molar-refractivity contribution in [2.24, 2.45) is 0 Å². The van der Waals surface area contributed by atoms with Crippen molar-refractivity contribution in [3.8, 4) is 0 Å². The molecule has 0 aromatic heterocycles.